The van der Waals surface area contributed by atoms with Gasteiger partial charge in [0.2, 0.25) is 0 Å². The Bertz CT molecular complexity index is 1010. The van der Waals surface area contributed by atoms with Crippen molar-refractivity contribution in [3.63, 3.8) is 0 Å². The topological polar surface area (TPSA) is 33.2 Å². The maximum atomic E-state index is 12.9. The smallest absolute Gasteiger partial charge is 0.254 e. The van der Waals surface area contributed by atoms with Crippen molar-refractivity contribution in [1.82, 2.24) is 9.88 Å². The largest absolute Gasteiger partial charge is 0.330 e. The Hall–Kier alpha value is -3.09. The molecule has 0 aliphatic carbocycles. The summed E-state index contributed by atoms with van der Waals surface area (Å²) in [6.07, 6.45) is 1.69. The lowest BCUT2D eigenvalue weighted by Gasteiger charge is -2.15. The molecule has 1 aromatic heterocycles. The zero-order chi connectivity index (χ0) is 17.9. The first-order chi connectivity index (χ1) is 12.7. The van der Waals surface area contributed by atoms with E-state index < -0.39 is 0 Å². The van der Waals surface area contributed by atoms with Gasteiger partial charge in [-0.15, -0.1) is 0 Å². The summed E-state index contributed by atoms with van der Waals surface area (Å²) < 4.78 is 0. The molecule has 126 valence electrons. The zero-order valence-electron chi connectivity index (χ0n) is 13.9. The van der Waals surface area contributed by atoms with Crippen molar-refractivity contribution >= 4 is 17.5 Å². The van der Waals surface area contributed by atoms with Gasteiger partial charge in [-0.3, -0.25) is 4.79 Å². The Morgan fingerprint density at radius 2 is 1.69 bits per heavy atom. The van der Waals surface area contributed by atoms with Gasteiger partial charge in [-0.1, -0.05) is 47.9 Å². The van der Waals surface area contributed by atoms with E-state index in [2.05, 4.69) is 29.0 Å². The molecule has 0 spiro atoms. The number of rotatable bonds is 1. The van der Waals surface area contributed by atoms with Crippen LogP contribution in [0.15, 0.2) is 66.9 Å². The van der Waals surface area contributed by atoms with E-state index in [4.69, 9.17) is 11.6 Å². The minimum absolute atomic E-state index is 0.0150. The first-order valence-corrected chi connectivity index (χ1v) is 8.67. The predicted molar refractivity (Wildman–Crippen MR) is 102 cm³/mol. The molecule has 0 saturated carbocycles. The molecule has 0 radical (unpaired) electrons. The van der Waals surface area contributed by atoms with Crippen molar-refractivity contribution in [2.24, 2.45) is 0 Å². The summed E-state index contributed by atoms with van der Waals surface area (Å²) in [5.74, 6) is 5.98. The second-order valence-corrected chi connectivity index (χ2v) is 6.50. The summed E-state index contributed by atoms with van der Waals surface area (Å²) in [7, 11) is 0. The lowest BCUT2D eigenvalue weighted by Crippen LogP contribution is -2.25. The molecule has 1 aliphatic rings. The summed E-state index contributed by atoms with van der Waals surface area (Å²) in [6, 6.07) is 18.9. The van der Waals surface area contributed by atoms with Gasteiger partial charge in [0, 0.05) is 30.4 Å². The van der Waals surface area contributed by atoms with Gasteiger partial charge in [0.05, 0.1) is 5.02 Å². The van der Waals surface area contributed by atoms with Crippen LogP contribution in [-0.2, 0) is 13.1 Å². The molecule has 0 atom stereocenters. The molecule has 3 aromatic rings. The minimum atomic E-state index is -0.0150. The van der Waals surface area contributed by atoms with Crippen molar-refractivity contribution in [2.45, 2.75) is 13.1 Å². The molecule has 1 aliphatic heterocycles. The standard InChI is InChI=1S/C22H15ClN2O/c23-21-11-9-17(13-16(21)8-10-20-7-3-4-12-24-20)22(26)25-14-18-5-1-2-6-19(18)15-25/h1-7,9,11-13H,14-15H2. The van der Waals surface area contributed by atoms with Crippen LogP contribution in [0.1, 0.15) is 32.7 Å². The minimum Gasteiger partial charge on any atom is -0.330 e. The Kier molecular flexibility index (Phi) is 4.43. The second kappa shape index (κ2) is 7.03. The number of aromatic nitrogens is 1. The molecule has 0 unspecified atom stereocenters. The number of hydrogen-bond donors (Lipinski definition) is 0. The Morgan fingerprint density at radius 3 is 2.38 bits per heavy atom. The highest BCUT2D eigenvalue weighted by Gasteiger charge is 2.24. The molecule has 4 heteroatoms. The third kappa shape index (κ3) is 3.33. The van der Waals surface area contributed by atoms with E-state index in [1.165, 1.54) is 11.1 Å². The lowest BCUT2D eigenvalue weighted by atomic mass is 10.1. The van der Waals surface area contributed by atoms with Crippen LogP contribution < -0.4 is 0 Å². The number of fused-ring (bicyclic) bond motifs is 1. The number of pyridine rings is 1. The Morgan fingerprint density at radius 1 is 0.962 bits per heavy atom. The molecule has 1 amide bonds. The summed E-state index contributed by atoms with van der Waals surface area (Å²) in [6.45, 7) is 1.26. The molecule has 0 fully saturated rings. The SMILES string of the molecule is O=C(c1ccc(Cl)c(C#Cc2ccccn2)c1)N1Cc2ccccc2C1. The Labute approximate surface area is 157 Å². The van der Waals surface area contributed by atoms with Crippen LogP contribution in [-0.4, -0.2) is 15.8 Å². The van der Waals surface area contributed by atoms with Crippen LogP contribution in [0.25, 0.3) is 0 Å². The maximum absolute atomic E-state index is 12.9. The molecular weight excluding hydrogens is 344 g/mol. The third-order valence-electron chi connectivity index (χ3n) is 4.33. The second-order valence-electron chi connectivity index (χ2n) is 6.09. The van der Waals surface area contributed by atoms with Gasteiger partial charge in [0.25, 0.3) is 5.91 Å². The highest BCUT2D eigenvalue weighted by molar-refractivity contribution is 6.31. The molecule has 3 nitrogen and oxygen atoms in total. The Balaban J connectivity index is 1.59. The molecule has 0 bridgehead atoms. The van der Waals surface area contributed by atoms with Gasteiger partial charge in [-0.2, -0.15) is 0 Å². The number of nitrogens with zero attached hydrogens (tertiary/aromatic N) is 2. The first-order valence-electron chi connectivity index (χ1n) is 8.29. The molecule has 4 rings (SSSR count). The summed E-state index contributed by atoms with van der Waals surface area (Å²) in [4.78, 5) is 18.9. The number of carbonyl (C=O) groups excluding carboxylic acids is 1. The summed E-state index contributed by atoms with van der Waals surface area (Å²) >= 11 is 6.25. The van der Waals surface area contributed by atoms with E-state index in [1.54, 1.807) is 24.4 Å². The van der Waals surface area contributed by atoms with E-state index in [0.29, 0.717) is 34.9 Å². The molecule has 0 N–H and O–H groups in total. The maximum Gasteiger partial charge on any atom is 0.254 e. The van der Waals surface area contributed by atoms with Crippen LogP contribution in [0.5, 0.6) is 0 Å². The highest BCUT2D eigenvalue weighted by Crippen LogP contribution is 2.25. The fraction of sp³-hybridized carbons (Fsp3) is 0.0909. The van der Waals surface area contributed by atoms with Gasteiger partial charge in [-0.25, -0.2) is 4.98 Å². The van der Waals surface area contributed by atoms with Crippen molar-refractivity contribution in [2.75, 3.05) is 0 Å². The van der Waals surface area contributed by atoms with Crippen molar-refractivity contribution in [1.29, 1.82) is 0 Å². The van der Waals surface area contributed by atoms with Crippen molar-refractivity contribution in [3.05, 3.63) is 99.8 Å². The van der Waals surface area contributed by atoms with Gasteiger partial charge in [-0.05, 0) is 47.4 Å². The van der Waals surface area contributed by atoms with Crippen molar-refractivity contribution in [3.8, 4) is 11.8 Å². The molecular formula is C22H15ClN2O. The number of halogens is 1. The number of hydrogen-bond acceptors (Lipinski definition) is 2. The van der Waals surface area contributed by atoms with Gasteiger partial charge in [0.1, 0.15) is 5.69 Å². The molecule has 2 heterocycles. The average Bonchev–Trinajstić information content (AvgIpc) is 3.12. The molecule has 26 heavy (non-hydrogen) atoms. The van der Waals surface area contributed by atoms with Crippen LogP contribution in [0.2, 0.25) is 5.02 Å². The van der Waals surface area contributed by atoms with Gasteiger partial charge in [0.15, 0.2) is 0 Å². The fourth-order valence-corrected chi connectivity index (χ4v) is 3.15. The first kappa shape index (κ1) is 16.4. The van der Waals surface area contributed by atoms with Crippen LogP contribution in [0, 0.1) is 11.8 Å². The normalized spacial score (nSPS) is 12.3. The summed E-state index contributed by atoms with van der Waals surface area (Å²) in [5, 5.41) is 0.523. The van der Waals surface area contributed by atoms with E-state index >= 15 is 0 Å². The van der Waals surface area contributed by atoms with Crippen molar-refractivity contribution < 1.29 is 4.79 Å². The molecule has 0 saturated heterocycles. The predicted octanol–water partition coefficient (Wildman–Crippen LogP) is 4.29. The highest BCUT2D eigenvalue weighted by atomic mass is 35.5. The monoisotopic (exact) mass is 358 g/mol. The number of benzene rings is 2. The van der Waals surface area contributed by atoms with Crippen LogP contribution in [0.3, 0.4) is 0 Å². The van der Waals surface area contributed by atoms with E-state index in [1.807, 2.05) is 35.2 Å². The quantitative estimate of drug-likeness (QED) is 0.608. The zero-order valence-corrected chi connectivity index (χ0v) is 14.7. The number of amides is 1. The number of carbonyl (C=O) groups is 1. The van der Waals surface area contributed by atoms with Gasteiger partial charge < -0.3 is 4.90 Å². The molecule has 2 aromatic carbocycles. The summed E-state index contributed by atoms with van der Waals surface area (Å²) in [5.41, 5.74) is 4.28. The van der Waals surface area contributed by atoms with E-state index in [9.17, 15) is 4.79 Å². The van der Waals surface area contributed by atoms with E-state index in [-0.39, 0.29) is 5.91 Å². The fourth-order valence-electron chi connectivity index (χ4n) is 2.98. The third-order valence-corrected chi connectivity index (χ3v) is 4.66. The van der Waals surface area contributed by atoms with Crippen LogP contribution >= 0.6 is 11.6 Å². The lowest BCUT2D eigenvalue weighted by molar-refractivity contribution is 0.0751. The van der Waals surface area contributed by atoms with E-state index in [0.717, 1.165) is 0 Å². The average molecular weight is 359 g/mol. The van der Waals surface area contributed by atoms with Crippen LogP contribution in [0.4, 0.5) is 0 Å². The van der Waals surface area contributed by atoms with Gasteiger partial charge >= 0.3 is 0 Å².